The van der Waals surface area contributed by atoms with E-state index in [1.807, 2.05) is 18.2 Å². The van der Waals surface area contributed by atoms with Crippen LogP contribution in [0.25, 0.3) is 100.0 Å². The van der Waals surface area contributed by atoms with Crippen LogP contribution in [0.3, 0.4) is 0 Å². The monoisotopic (exact) mass is 752 g/mol. The summed E-state index contributed by atoms with van der Waals surface area (Å²) in [7, 11) is 0. The van der Waals surface area contributed by atoms with Crippen LogP contribution < -0.4 is 0 Å². The summed E-state index contributed by atoms with van der Waals surface area (Å²) in [4.78, 5) is 10.5. The van der Waals surface area contributed by atoms with Crippen LogP contribution in [0.1, 0.15) is 25.0 Å². The van der Waals surface area contributed by atoms with E-state index in [0.29, 0.717) is 5.82 Å². The molecule has 278 valence electrons. The quantitative estimate of drug-likeness (QED) is 0.169. The van der Waals surface area contributed by atoms with E-state index in [1.54, 1.807) is 0 Å². The third-order valence-electron chi connectivity index (χ3n) is 12.3. The molecule has 11 rings (SSSR count). The molecule has 0 radical (unpaired) electrons. The summed E-state index contributed by atoms with van der Waals surface area (Å²) < 4.78 is 0. The molecule has 2 heteroatoms. The first-order valence-corrected chi connectivity index (χ1v) is 20.4. The highest BCUT2D eigenvalue weighted by Crippen LogP contribution is 2.51. The van der Waals surface area contributed by atoms with Crippen molar-refractivity contribution in [3.8, 4) is 78.4 Å². The molecular weight excluding hydrogens is 713 g/mol. The fourth-order valence-corrected chi connectivity index (χ4v) is 9.17. The van der Waals surface area contributed by atoms with Crippen molar-refractivity contribution in [2.24, 2.45) is 0 Å². The van der Waals surface area contributed by atoms with Crippen molar-refractivity contribution in [1.82, 2.24) is 9.97 Å². The normalized spacial score (nSPS) is 12.7. The molecule has 0 saturated heterocycles. The second-order valence-corrected chi connectivity index (χ2v) is 16.2. The predicted octanol–water partition coefficient (Wildman–Crippen LogP) is 15.1. The van der Waals surface area contributed by atoms with Crippen LogP contribution in [-0.2, 0) is 5.41 Å². The Hall–Kier alpha value is -7.42. The van der Waals surface area contributed by atoms with E-state index < -0.39 is 0 Å². The zero-order chi connectivity index (χ0) is 39.5. The molecule has 0 saturated carbocycles. The van der Waals surface area contributed by atoms with Gasteiger partial charge in [-0.2, -0.15) is 0 Å². The molecule has 0 amide bonds. The molecule has 0 N–H and O–H groups in total. The van der Waals surface area contributed by atoms with Crippen LogP contribution in [-0.4, -0.2) is 9.97 Å². The zero-order valence-electron chi connectivity index (χ0n) is 33.0. The van der Waals surface area contributed by atoms with Crippen molar-refractivity contribution in [3.05, 3.63) is 217 Å². The number of benzene rings is 9. The Balaban J connectivity index is 1.02. The van der Waals surface area contributed by atoms with Crippen molar-refractivity contribution >= 4 is 21.5 Å². The molecule has 0 fully saturated rings. The van der Waals surface area contributed by atoms with Crippen LogP contribution in [0.4, 0.5) is 0 Å². The van der Waals surface area contributed by atoms with E-state index >= 15 is 0 Å². The number of hydrogen-bond donors (Lipinski definition) is 0. The minimum Gasteiger partial charge on any atom is -0.228 e. The Bertz CT molecular complexity index is 3220. The summed E-state index contributed by atoms with van der Waals surface area (Å²) in [6.07, 6.45) is 0. The average molecular weight is 753 g/mol. The van der Waals surface area contributed by atoms with E-state index in [9.17, 15) is 0 Å². The van der Waals surface area contributed by atoms with Gasteiger partial charge in [-0.25, -0.2) is 9.97 Å². The van der Waals surface area contributed by atoms with Crippen molar-refractivity contribution < 1.29 is 0 Å². The Morgan fingerprint density at radius 1 is 0.305 bits per heavy atom. The number of aromatic nitrogens is 2. The molecule has 1 aromatic heterocycles. The second kappa shape index (κ2) is 13.9. The number of nitrogens with zero attached hydrogens (tertiary/aromatic N) is 2. The lowest BCUT2D eigenvalue weighted by atomic mass is 9.81. The van der Waals surface area contributed by atoms with Crippen molar-refractivity contribution in [1.29, 1.82) is 0 Å². The topological polar surface area (TPSA) is 25.8 Å². The van der Waals surface area contributed by atoms with Gasteiger partial charge in [-0.3, -0.25) is 0 Å². The smallest absolute Gasteiger partial charge is 0.160 e. The third-order valence-corrected chi connectivity index (χ3v) is 12.3. The molecule has 2 nitrogen and oxygen atoms in total. The molecule has 9 aromatic carbocycles. The maximum atomic E-state index is 5.27. The molecule has 1 aliphatic carbocycles. The highest BCUT2D eigenvalue weighted by Gasteiger charge is 2.36. The minimum absolute atomic E-state index is 0.0765. The molecule has 0 unspecified atom stereocenters. The van der Waals surface area contributed by atoms with E-state index in [2.05, 4.69) is 202 Å². The summed E-state index contributed by atoms with van der Waals surface area (Å²) in [6, 6.07) is 74.4. The number of rotatable bonds is 6. The van der Waals surface area contributed by atoms with Crippen molar-refractivity contribution in [2.75, 3.05) is 0 Å². The van der Waals surface area contributed by atoms with Crippen LogP contribution in [0.2, 0.25) is 0 Å². The van der Waals surface area contributed by atoms with Crippen molar-refractivity contribution in [2.45, 2.75) is 19.3 Å². The minimum atomic E-state index is -0.0765. The summed E-state index contributed by atoms with van der Waals surface area (Å²) in [6.45, 7) is 4.71. The SMILES string of the molecule is CC1(C)c2ccc(-c3ccc(-c4cc(-c5cccc(-c6ccc(-c7ccccc7)cc6)c5)nc(-c5ccccc5)n4)c4ccccc34)cc2-c2cc3ccccc3cc21. The second-order valence-electron chi connectivity index (χ2n) is 16.2. The lowest BCUT2D eigenvalue weighted by Crippen LogP contribution is -2.14. The summed E-state index contributed by atoms with van der Waals surface area (Å²) >= 11 is 0. The van der Waals surface area contributed by atoms with Gasteiger partial charge in [-0.15, -0.1) is 0 Å². The molecule has 0 bridgehead atoms. The molecule has 0 spiro atoms. The highest BCUT2D eigenvalue weighted by molar-refractivity contribution is 6.05. The van der Waals surface area contributed by atoms with E-state index in [0.717, 1.165) is 44.6 Å². The van der Waals surface area contributed by atoms with E-state index in [4.69, 9.17) is 9.97 Å². The van der Waals surface area contributed by atoms with Gasteiger partial charge in [0, 0.05) is 22.1 Å². The van der Waals surface area contributed by atoms with Gasteiger partial charge in [0.2, 0.25) is 0 Å². The van der Waals surface area contributed by atoms with Gasteiger partial charge in [0.1, 0.15) is 0 Å². The van der Waals surface area contributed by atoms with Crippen LogP contribution in [0, 0.1) is 0 Å². The lowest BCUT2D eigenvalue weighted by Gasteiger charge is -2.22. The molecule has 10 aromatic rings. The predicted molar refractivity (Wildman–Crippen MR) is 247 cm³/mol. The van der Waals surface area contributed by atoms with Gasteiger partial charge >= 0.3 is 0 Å². The Morgan fingerprint density at radius 2 is 0.831 bits per heavy atom. The number of hydrogen-bond acceptors (Lipinski definition) is 2. The first-order valence-electron chi connectivity index (χ1n) is 20.4. The molecule has 1 aliphatic rings. The van der Waals surface area contributed by atoms with Crippen LogP contribution >= 0.6 is 0 Å². The van der Waals surface area contributed by atoms with Gasteiger partial charge < -0.3 is 0 Å². The first-order chi connectivity index (χ1) is 29.0. The fraction of sp³-hybridized carbons (Fsp3) is 0.0526. The van der Waals surface area contributed by atoms with Crippen LogP contribution in [0.15, 0.2) is 206 Å². The van der Waals surface area contributed by atoms with Crippen LogP contribution in [0.5, 0.6) is 0 Å². The lowest BCUT2D eigenvalue weighted by molar-refractivity contribution is 0.661. The van der Waals surface area contributed by atoms with E-state index in [1.165, 1.54) is 60.7 Å². The summed E-state index contributed by atoms with van der Waals surface area (Å²) in [5, 5.41) is 4.92. The fourth-order valence-electron chi connectivity index (χ4n) is 9.17. The van der Waals surface area contributed by atoms with Gasteiger partial charge in [0.15, 0.2) is 5.82 Å². The van der Waals surface area contributed by atoms with Crippen molar-refractivity contribution in [3.63, 3.8) is 0 Å². The summed E-state index contributed by atoms with van der Waals surface area (Å²) in [5.74, 6) is 0.705. The maximum absolute atomic E-state index is 5.27. The first kappa shape index (κ1) is 34.8. The average Bonchev–Trinajstić information content (AvgIpc) is 3.52. The highest BCUT2D eigenvalue weighted by atomic mass is 14.9. The molecule has 1 heterocycles. The Morgan fingerprint density at radius 3 is 1.58 bits per heavy atom. The largest absolute Gasteiger partial charge is 0.228 e. The third kappa shape index (κ3) is 6.04. The molecule has 0 aliphatic heterocycles. The molecular formula is C57H40N2. The van der Waals surface area contributed by atoms with Gasteiger partial charge in [0.25, 0.3) is 0 Å². The standard InChI is InChI=1S/C57H40N2/c1-57(2)52-31-28-44(34-50(52)51-33-42-18-9-10-19-43(42)35-53(51)57)46-29-30-49(48-23-12-11-22-47(46)48)55-36-54(58-56(59-55)40-16-7-4-8-17-40)45-21-13-20-41(32-45)39-26-24-38(25-27-39)37-14-5-3-6-15-37/h3-36H,1-2H3. The Kier molecular flexibility index (Phi) is 8.20. The number of fused-ring (bicyclic) bond motifs is 5. The zero-order valence-corrected chi connectivity index (χ0v) is 33.0. The van der Waals surface area contributed by atoms with E-state index in [-0.39, 0.29) is 5.41 Å². The van der Waals surface area contributed by atoms with Gasteiger partial charge in [0.05, 0.1) is 11.4 Å². The van der Waals surface area contributed by atoms with Gasteiger partial charge in [-0.1, -0.05) is 190 Å². The molecule has 59 heavy (non-hydrogen) atoms. The molecule has 0 atom stereocenters. The Labute approximate surface area is 345 Å². The summed E-state index contributed by atoms with van der Waals surface area (Å²) in [5.41, 5.74) is 17.4. The maximum Gasteiger partial charge on any atom is 0.160 e. The van der Waals surface area contributed by atoms with Gasteiger partial charge in [-0.05, 0) is 108 Å².